The average Bonchev–Trinajstić information content (AvgIpc) is 2.92. The van der Waals surface area contributed by atoms with Crippen molar-refractivity contribution < 1.29 is 9.84 Å². The van der Waals surface area contributed by atoms with Gasteiger partial charge in [-0.05, 0) is 52.1 Å². The van der Waals surface area contributed by atoms with Gasteiger partial charge in [-0.15, -0.1) is 0 Å². The van der Waals surface area contributed by atoms with Gasteiger partial charge in [0.1, 0.15) is 5.41 Å². The molecule has 4 heteroatoms. The summed E-state index contributed by atoms with van der Waals surface area (Å²) in [6, 6.07) is 2.47. The normalized spacial score (nSPS) is 48.9. The van der Waals surface area contributed by atoms with E-state index in [4.69, 9.17) is 4.74 Å². The number of hydrogen-bond acceptors (Lipinski definition) is 4. The second-order valence-corrected chi connectivity index (χ2v) is 6.30. The lowest BCUT2D eigenvalue weighted by Crippen LogP contribution is -2.53. The minimum atomic E-state index is -0.855. The minimum Gasteiger partial charge on any atom is -0.388 e. The maximum atomic E-state index is 11.1. The molecule has 4 nitrogen and oxygen atoms in total. The third-order valence-corrected chi connectivity index (χ3v) is 5.27. The summed E-state index contributed by atoms with van der Waals surface area (Å²) >= 11 is 0. The molecule has 2 bridgehead atoms. The van der Waals surface area contributed by atoms with Gasteiger partial charge in [0, 0.05) is 6.54 Å². The first-order valence-electron chi connectivity index (χ1n) is 7.07. The number of likely N-dealkylation sites (tertiary alicyclic amines) is 1. The smallest absolute Gasteiger partial charge is 0.114 e. The Morgan fingerprint density at radius 1 is 1.33 bits per heavy atom. The van der Waals surface area contributed by atoms with Gasteiger partial charge in [-0.2, -0.15) is 5.26 Å². The van der Waals surface area contributed by atoms with Crippen LogP contribution in [0.3, 0.4) is 0 Å². The number of ether oxygens (including phenoxy) is 1. The second-order valence-electron chi connectivity index (χ2n) is 6.30. The first kappa shape index (κ1) is 12.4. The molecule has 0 radical (unpaired) electrons. The van der Waals surface area contributed by atoms with Crippen LogP contribution in [0.25, 0.3) is 0 Å². The van der Waals surface area contributed by atoms with E-state index in [0.29, 0.717) is 6.42 Å². The van der Waals surface area contributed by atoms with Gasteiger partial charge in [-0.3, -0.25) is 0 Å². The van der Waals surface area contributed by atoms with E-state index in [1.54, 1.807) is 0 Å². The molecule has 0 saturated carbocycles. The van der Waals surface area contributed by atoms with Crippen molar-refractivity contribution in [3.63, 3.8) is 0 Å². The summed E-state index contributed by atoms with van der Waals surface area (Å²) in [5.74, 6) is 0. The minimum absolute atomic E-state index is 0.0408. The van der Waals surface area contributed by atoms with E-state index in [0.717, 1.165) is 45.2 Å². The maximum absolute atomic E-state index is 11.1. The van der Waals surface area contributed by atoms with Crippen LogP contribution in [0.15, 0.2) is 0 Å². The molecule has 0 aliphatic carbocycles. The molecule has 0 aromatic rings. The summed E-state index contributed by atoms with van der Waals surface area (Å²) < 4.78 is 5.87. The van der Waals surface area contributed by atoms with Gasteiger partial charge in [0.05, 0.1) is 23.9 Å². The highest BCUT2D eigenvalue weighted by molar-refractivity contribution is 5.21. The molecule has 3 aliphatic rings. The highest BCUT2D eigenvalue weighted by Gasteiger charge is 2.63. The molecule has 3 rings (SSSR count). The first-order valence-corrected chi connectivity index (χ1v) is 7.07. The molecule has 3 aliphatic heterocycles. The van der Waals surface area contributed by atoms with Gasteiger partial charge in [-0.25, -0.2) is 0 Å². The Morgan fingerprint density at radius 2 is 2.17 bits per heavy atom. The van der Waals surface area contributed by atoms with Crippen molar-refractivity contribution in [2.75, 3.05) is 20.1 Å². The summed E-state index contributed by atoms with van der Waals surface area (Å²) in [5.41, 5.74) is -1.51. The number of nitrogens with zero attached hydrogens (tertiary/aromatic N) is 2. The summed E-state index contributed by atoms with van der Waals surface area (Å²) in [5, 5.41) is 20.8. The van der Waals surface area contributed by atoms with Crippen LogP contribution >= 0.6 is 0 Å². The van der Waals surface area contributed by atoms with Gasteiger partial charge in [-0.1, -0.05) is 0 Å². The van der Waals surface area contributed by atoms with E-state index >= 15 is 0 Å². The molecule has 1 N–H and O–H groups in total. The SMILES string of the molecule is CN1CCCC(O)(C2(C#N)CC3CCC2O3)CC1. The Hall–Kier alpha value is -0.630. The maximum Gasteiger partial charge on any atom is 0.114 e. The molecule has 0 spiro atoms. The fourth-order valence-corrected chi connectivity index (χ4v) is 4.12. The lowest BCUT2D eigenvalue weighted by Gasteiger charge is -2.43. The molecule has 100 valence electrons. The largest absolute Gasteiger partial charge is 0.388 e. The van der Waals surface area contributed by atoms with Crippen LogP contribution in [0, 0.1) is 16.7 Å². The van der Waals surface area contributed by atoms with Crippen molar-refractivity contribution in [2.45, 2.75) is 56.3 Å². The average molecular weight is 250 g/mol. The quantitative estimate of drug-likeness (QED) is 0.762. The monoisotopic (exact) mass is 250 g/mol. The topological polar surface area (TPSA) is 56.5 Å². The summed E-state index contributed by atoms with van der Waals surface area (Å²) in [7, 11) is 2.09. The molecule has 3 saturated heterocycles. The van der Waals surface area contributed by atoms with E-state index < -0.39 is 11.0 Å². The van der Waals surface area contributed by atoms with Crippen molar-refractivity contribution >= 4 is 0 Å². The van der Waals surface area contributed by atoms with Crippen LogP contribution in [0.1, 0.15) is 38.5 Å². The molecule has 18 heavy (non-hydrogen) atoms. The predicted molar refractivity (Wildman–Crippen MR) is 66.9 cm³/mol. The molecule has 0 amide bonds. The lowest BCUT2D eigenvalue weighted by molar-refractivity contribution is -0.0936. The van der Waals surface area contributed by atoms with Crippen molar-refractivity contribution in [3.8, 4) is 6.07 Å². The van der Waals surface area contributed by atoms with Crippen molar-refractivity contribution in [1.82, 2.24) is 4.90 Å². The van der Waals surface area contributed by atoms with E-state index in [-0.39, 0.29) is 12.2 Å². The molecule has 3 heterocycles. The van der Waals surface area contributed by atoms with Crippen LogP contribution in [-0.2, 0) is 4.74 Å². The third kappa shape index (κ3) is 1.61. The molecule has 0 aromatic heterocycles. The molecule has 4 atom stereocenters. The van der Waals surface area contributed by atoms with E-state index in [1.165, 1.54) is 0 Å². The summed E-state index contributed by atoms with van der Waals surface area (Å²) in [6.45, 7) is 1.89. The second kappa shape index (κ2) is 4.19. The van der Waals surface area contributed by atoms with Crippen LogP contribution in [0.4, 0.5) is 0 Å². The number of hydrogen-bond donors (Lipinski definition) is 1. The van der Waals surface area contributed by atoms with Gasteiger partial charge in [0.2, 0.25) is 0 Å². The predicted octanol–water partition coefficient (Wildman–Crippen LogP) is 1.29. The van der Waals surface area contributed by atoms with Crippen LogP contribution in [0.2, 0.25) is 0 Å². The zero-order chi connectivity index (χ0) is 12.8. The zero-order valence-corrected chi connectivity index (χ0v) is 11.1. The number of fused-ring (bicyclic) bond motifs is 2. The standard InChI is InChI=1S/C14H22N2O2/c1-16-7-2-5-14(17,6-8-16)13(10-15)9-11-3-4-12(13)18-11/h11-12,17H,2-9H2,1H3. The van der Waals surface area contributed by atoms with Gasteiger partial charge >= 0.3 is 0 Å². The lowest BCUT2D eigenvalue weighted by atomic mass is 9.61. The van der Waals surface area contributed by atoms with Crippen LogP contribution < -0.4 is 0 Å². The van der Waals surface area contributed by atoms with E-state index in [1.807, 2.05) is 0 Å². The fourth-order valence-electron chi connectivity index (χ4n) is 4.12. The van der Waals surface area contributed by atoms with Crippen molar-refractivity contribution in [1.29, 1.82) is 5.26 Å². The Balaban J connectivity index is 1.89. The van der Waals surface area contributed by atoms with Crippen molar-refractivity contribution in [2.24, 2.45) is 5.41 Å². The van der Waals surface area contributed by atoms with Gasteiger partial charge in [0.15, 0.2) is 0 Å². The van der Waals surface area contributed by atoms with Crippen LogP contribution in [0.5, 0.6) is 0 Å². The summed E-state index contributed by atoms with van der Waals surface area (Å²) in [4.78, 5) is 2.25. The Kier molecular flexibility index (Phi) is 2.89. The molecule has 4 unspecified atom stereocenters. The Bertz CT molecular complexity index is 380. The Morgan fingerprint density at radius 3 is 2.78 bits per heavy atom. The third-order valence-electron chi connectivity index (χ3n) is 5.27. The molecule has 3 fully saturated rings. The van der Waals surface area contributed by atoms with Gasteiger partial charge < -0.3 is 14.7 Å². The highest BCUT2D eigenvalue weighted by Crippen LogP contribution is 2.55. The van der Waals surface area contributed by atoms with Gasteiger partial charge in [0.25, 0.3) is 0 Å². The summed E-state index contributed by atoms with van der Waals surface area (Å²) in [6.07, 6.45) is 5.30. The zero-order valence-electron chi connectivity index (χ0n) is 11.1. The molecule has 0 aromatic carbocycles. The molecular weight excluding hydrogens is 228 g/mol. The fraction of sp³-hybridized carbons (Fsp3) is 0.929. The van der Waals surface area contributed by atoms with Crippen LogP contribution in [-0.4, -0.2) is 48.0 Å². The molecular formula is C14H22N2O2. The number of nitriles is 1. The number of rotatable bonds is 1. The van der Waals surface area contributed by atoms with E-state index in [9.17, 15) is 10.4 Å². The number of aliphatic hydroxyl groups is 1. The highest BCUT2D eigenvalue weighted by atomic mass is 16.5. The van der Waals surface area contributed by atoms with Crippen molar-refractivity contribution in [3.05, 3.63) is 0 Å². The van der Waals surface area contributed by atoms with E-state index in [2.05, 4.69) is 18.0 Å². The first-order chi connectivity index (χ1) is 8.60. The Labute approximate surface area is 109 Å².